The van der Waals surface area contributed by atoms with Gasteiger partial charge in [-0.1, -0.05) is 81.4 Å². The number of rotatable bonds is 10. The molecule has 1 saturated heterocycles. The van der Waals surface area contributed by atoms with Crippen LogP contribution < -0.4 is 0 Å². The third kappa shape index (κ3) is 7.71. The molecule has 5 atom stereocenters. The predicted octanol–water partition coefficient (Wildman–Crippen LogP) is 4.83. The van der Waals surface area contributed by atoms with E-state index in [1.165, 1.54) is 6.92 Å². The molecule has 1 aliphatic rings. The Morgan fingerprint density at radius 1 is 0.889 bits per heavy atom. The highest BCUT2D eigenvalue weighted by Crippen LogP contribution is 2.37. The number of hydrogen-bond donors (Lipinski definition) is 1. The zero-order chi connectivity index (χ0) is 26.3. The van der Waals surface area contributed by atoms with E-state index in [4.69, 9.17) is 23.4 Å². The average molecular weight is 517 g/mol. The van der Waals surface area contributed by atoms with Crippen molar-refractivity contribution in [1.29, 1.82) is 0 Å². The molecule has 198 valence electrons. The molecule has 0 unspecified atom stereocenters. The van der Waals surface area contributed by atoms with Crippen molar-refractivity contribution in [3.05, 3.63) is 71.8 Å². The van der Waals surface area contributed by atoms with Crippen molar-refractivity contribution in [3.63, 3.8) is 0 Å². The van der Waals surface area contributed by atoms with Gasteiger partial charge in [0.2, 0.25) is 0 Å². The Morgan fingerprint density at radius 2 is 1.39 bits per heavy atom. The van der Waals surface area contributed by atoms with Gasteiger partial charge < -0.3 is 28.5 Å². The van der Waals surface area contributed by atoms with Crippen LogP contribution >= 0.6 is 0 Å². The number of ether oxygens (including phenoxy) is 4. The quantitative estimate of drug-likeness (QED) is 0.358. The normalized spacial score (nSPS) is 24.9. The molecule has 0 spiro atoms. The molecule has 0 bridgehead atoms. The molecule has 1 aliphatic heterocycles. The maximum Gasteiger partial charge on any atom is 0.303 e. The van der Waals surface area contributed by atoms with Gasteiger partial charge in [-0.3, -0.25) is 4.79 Å². The summed E-state index contributed by atoms with van der Waals surface area (Å²) in [6.07, 6.45) is -4.46. The summed E-state index contributed by atoms with van der Waals surface area (Å²) in [4.78, 5) is 11.9. The molecule has 7 nitrogen and oxygen atoms in total. The Labute approximate surface area is 215 Å². The van der Waals surface area contributed by atoms with Gasteiger partial charge in [-0.25, -0.2) is 0 Å². The van der Waals surface area contributed by atoms with Crippen molar-refractivity contribution in [2.45, 2.75) is 89.7 Å². The summed E-state index contributed by atoms with van der Waals surface area (Å²) >= 11 is 0. The largest absolute Gasteiger partial charge is 0.454 e. The van der Waals surface area contributed by atoms with Gasteiger partial charge >= 0.3 is 5.97 Å². The topological polar surface area (TPSA) is 83.5 Å². The highest BCUT2D eigenvalue weighted by molar-refractivity contribution is 6.74. The standard InChI is InChI=1S/C28H40O7Si/c1-20(29)34-26-25(32-18-22-15-11-8-12-16-22)24(31-17-21-13-9-7-10-14-21)23(35-27(26)30)19-33-36(5,6)28(2,3)4/h7-16,23-27,30H,17-19H2,1-6H3/t23-,24-,25+,26-,27+/m1/s1. The third-order valence-electron chi connectivity index (χ3n) is 6.90. The molecule has 0 aliphatic carbocycles. The Hall–Kier alpha value is -2.07. The number of benzene rings is 2. The van der Waals surface area contributed by atoms with Crippen LogP contribution in [0.15, 0.2) is 60.7 Å². The van der Waals surface area contributed by atoms with Gasteiger partial charge in [0.25, 0.3) is 0 Å². The van der Waals surface area contributed by atoms with E-state index in [-0.39, 0.29) is 18.3 Å². The number of hydrogen-bond acceptors (Lipinski definition) is 7. The minimum atomic E-state index is -2.11. The smallest absolute Gasteiger partial charge is 0.303 e. The zero-order valence-corrected chi connectivity index (χ0v) is 23.2. The molecular formula is C28H40O7Si. The molecule has 1 fully saturated rings. The van der Waals surface area contributed by atoms with Crippen LogP contribution in [0.25, 0.3) is 0 Å². The van der Waals surface area contributed by atoms with E-state index >= 15 is 0 Å². The van der Waals surface area contributed by atoms with E-state index in [9.17, 15) is 9.90 Å². The zero-order valence-electron chi connectivity index (χ0n) is 22.2. The van der Waals surface area contributed by atoms with Crippen LogP contribution in [0.4, 0.5) is 0 Å². The highest BCUT2D eigenvalue weighted by atomic mass is 28.4. The fourth-order valence-corrected chi connectivity index (χ4v) is 4.79. The fourth-order valence-electron chi connectivity index (χ4n) is 3.78. The molecule has 8 heteroatoms. The summed E-state index contributed by atoms with van der Waals surface area (Å²) in [5, 5.41) is 10.9. The second-order valence-corrected chi connectivity index (χ2v) is 15.5. The number of aliphatic hydroxyl groups excluding tert-OH is 1. The van der Waals surface area contributed by atoms with Crippen LogP contribution in [-0.2, 0) is 41.4 Å². The number of carbonyl (C=O) groups excluding carboxylic acids is 1. The summed E-state index contributed by atoms with van der Waals surface area (Å²) in [5.74, 6) is -0.534. The van der Waals surface area contributed by atoms with Crippen LogP contribution in [0, 0.1) is 0 Å². The van der Waals surface area contributed by atoms with Gasteiger partial charge in [-0.2, -0.15) is 0 Å². The highest BCUT2D eigenvalue weighted by Gasteiger charge is 2.50. The first-order valence-electron chi connectivity index (χ1n) is 12.4. The van der Waals surface area contributed by atoms with E-state index < -0.39 is 45.0 Å². The summed E-state index contributed by atoms with van der Waals surface area (Å²) in [5.41, 5.74) is 1.94. The second-order valence-electron chi connectivity index (χ2n) is 10.7. The van der Waals surface area contributed by atoms with Gasteiger partial charge in [0, 0.05) is 6.92 Å². The fraction of sp³-hybridized carbons (Fsp3) is 0.536. The van der Waals surface area contributed by atoms with Gasteiger partial charge in [0.05, 0.1) is 19.8 Å². The van der Waals surface area contributed by atoms with Crippen LogP contribution in [0.3, 0.4) is 0 Å². The van der Waals surface area contributed by atoms with Gasteiger partial charge in [0.1, 0.15) is 18.3 Å². The molecule has 0 saturated carbocycles. The first-order valence-corrected chi connectivity index (χ1v) is 15.3. The van der Waals surface area contributed by atoms with Crippen molar-refractivity contribution in [2.24, 2.45) is 0 Å². The Balaban J connectivity index is 1.87. The van der Waals surface area contributed by atoms with E-state index in [0.29, 0.717) is 6.61 Å². The van der Waals surface area contributed by atoms with Gasteiger partial charge in [-0.05, 0) is 29.3 Å². The second kappa shape index (κ2) is 12.4. The molecular weight excluding hydrogens is 476 g/mol. The van der Waals surface area contributed by atoms with Gasteiger partial charge in [0.15, 0.2) is 20.7 Å². The number of aliphatic hydroxyl groups is 1. The number of esters is 1. The lowest BCUT2D eigenvalue weighted by Gasteiger charge is -2.45. The Morgan fingerprint density at radius 3 is 1.86 bits per heavy atom. The van der Waals surface area contributed by atoms with Crippen molar-refractivity contribution in [1.82, 2.24) is 0 Å². The summed E-state index contributed by atoms with van der Waals surface area (Å²) in [7, 11) is -2.11. The lowest BCUT2D eigenvalue weighted by atomic mass is 9.98. The SMILES string of the molecule is CC(=O)O[C@@H]1[C@@H](OCc2ccccc2)[C@H](OCc2ccccc2)[C@@H](CO[Si](C)(C)C(C)(C)C)O[C@@H]1O. The average Bonchev–Trinajstić information content (AvgIpc) is 2.82. The lowest BCUT2D eigenvalue weighted by Crippen LogP contribution is -2.62. The van der Waals surface area contributed by atoms with E-state index in [1.807, 2.05) is 60.7 Å². The van der Waals surface area contributed by atoms with Crippen molar-refractivity contribution in [3.8, 4) is 0 Å². The van der Waals surface area contributed by atoms with E-state index in [0.717, 1.165) is 11.1 Å². The van der Waals surface area contributed by atoms with Crippen LogP contribution in [-0.4, -0.2) is 56.7 Å². The molecule has 0 radical (unpaired) electrons. The number of carbonyl (C=O) groups is 1. The summed E-state index contributed by atoms with van der Waals surface area (Å²) < 4.78 is 30.6. The Bertz CT molecular complexity index is 945. The Kier molecular flexibility index (Phi) is 9.85. The van der Waals surface area contributed by atoms with Crippen LogP contribution in [0.1, 0.15) is 38.8 Å². The third-order valence-corrected chi connectivity index (χ3v) is 11.4. The molecule has 0 aromatic heterocycles. The monoisotopic (exact) mass is 516 g/mol. The lowest BCUT2D eigenvalue weighted by molar-refractivity contribution is -0.307. The summed E-state index contributed by atoms with van der Waals surface area (Å²) in [6, 6.07) is 19.5. The molecule has 3 rings (SSSR count). The first kappa shape index (κ1) is 28.5. The maximum atomic E-state index is 11.9. The van der Waals surface area contributed by atoms with E-state index in [1.54, 1.807) is 0 Å². The van der Waals surface area contributed by atoms with Crippen molar-refractivity contribution >= 4 is 14.3 Å². The minimum Gasteiger partial charge on any atom is -0.454 e. The molecule has 0 amide bonds. The minimum absolute atomic E-state index is 0.00413. The maximum absolute atomic E-state index is 11.9. The van der Waals surface area contributed by atoms with E-state index in [2.05, 4.69) is 33.9 Å². The molecule has 2 aromatic rings. The van der Waals surface area contributed by atoms with Crippen LogP contribution in [0.2, 0.25) is 18.1 Å². The van der Waals surface area contributed by atoms with Crippen molar-refractivity contribution in [2.75, 3.05) is 6.61 Å². The molecule has 1 heterocycles. The first-order chi connectivity index (χ1) is 17.0. The molecule has 2 aromatic carbocycles. The molecule has 36 heavy (non-hydrogen) atoms. The summed E-state index contributed by atoms with van der Waals surface area (Å²) in [6.45, 7) is 12.9. The molecule has 1 N–H and O–H groups in total. The van der Waals surface area contributed by atoms with Crippen molar-refractivity contribution < 1.29 is 33.3 Å². The predicted molar refractivity (Wildman–Crippen MR) is 140 cm³/mol. The van der Waals surface area contributed by atoms with Crippen LogP contribution in [0.5, 0.6) is 0 Å². The van der Waals surface area contributed by atoms with Gasteiger partial charge in [-0.15, -0.1) is 0 Å².